The molecule has 0 fully saturated rings. The summed E-state index contributed by atoms with van der Waals surface area (Å²) >= 11 is 1.71. The van der Waals surface area contributed by atoms with Crippen molar-refractivity contribution in [2.24, 2.45) is 7.05 Å². The summed E-state index contributed by atoms with van der Waals surface area (Å²) in [5, 5.41) is 12.0. The monoisotopic (exact) mass is 349 g/mol. The summed E-state index contributed by atoms with van der Waals surface area (Å²) < 4.78 is 8.65. The van der Waals surface area contributed by atoms with E-state index < -0.39 is 0 Å². The summed E-state index contributed by atoms with van der Waals surface area (Å²) in [6.45, 7) is 0. The summed E-state index contributed by atoms with van der Waals surface area (Å²) in [4.78, 5) is 4.27. The number of aromatic hydroxyl groups is 1. The summed E-state index contributed by atoms with van der Waals surface area (Å²) in [6, 6.07) is 13.5. The highest BCUT2D eigenvalue weighted by atomic mass is 32.1. The number of hydrogen-bond donors (Lipinski definition) is 1. The lowest BCUT2D eigenvalue weighted by Crippen LogP contribution is -2.28. The maximum Gasteiger partial charge on any atom is 0.262 e. The third-order valence-corrected chi connectivity index (χ3v) is 5.43. The van der Waals surface area contributed by atoms with Gasteiger partial charge >= 0.3 is 0 Å². The van der Waals surface area contributed by atoms with Crippen LogP contribution in [-0.4, -0.2) is 17.2 Å². The van der Waals surface area contributed by atoms with Crippen molar-refractivity contribution in [3.63, 3.8) is 0 Å². The molecule has 4 rings (SSSR count). The Morgan fingerprint density at radius 1 is 1.16 bits per heavy atom. The van der Waals surface area contributed by atoms with Gasteiger partial charge in [0, 0.05) is 29.8 Å². The lowest BCUT2D eigenvalue weighted by Gasteiger charge is -2.02. The number of phenols is 1. The second-order valence-electron chi connectivity index (χ2n) is 5.74. The molecule has 0 saturated carbocycles. The molecule has 0 aliphatic carbocycles. The Balaban J connectivity index is 1.79. The molecule has 1 N–H and O–H groups in total. The number of hydrogen-bond acceptors (Lipinski definition) is 4. The molecule has 4 aromatic rings. The Morgan fingerprint density at radius 3 is 2.88 bits per heavy atom. The predicted molar refractivity (Wildman–Crippen MR) is 102 cm³/mol. The summed E-state index contributed by atoms with van der Waals surface area (Å²) in [7, 11) is 3.74. The molecule has 2 heterocycles. The number of aromatic nitrogens is 2. The number of thiazole rings is 1. The number of nitrogens with zero attached hydrogens (tertiary/aromatic N) is 2. The average molecular weight is 349 g/mol. The Bertz CT molecular complexity index is 1120. The zero-order valence-corrected chi connectivity index (χ0v) is 14.7. The first-order valence-corrected chi connectivity index (χ1v) is 8.70. The number of pyridine rings is 1. The van der Waals surface area contributed by atoms with Gasteiger partial charge in [0.05, 0.1) is 7.11 Å². The van der Waals surface area contributed by atoms with Crippen molar-refractivity contribution in [3.05, 3.63) is 59.2 Å². The van der Waals surface area contributed by atoms with Gasteiger partial charge in [0.15, 0.2) is 0 Å². The molecule has 0 bridgehead atoms. The van der Waals surface area contributed by atoms with Crippen molar-refractivity contribution >= 4 is 44.6 Å². The van der Waals surface area contributed by atoms with E-state index in [0.717, 1.165) is 21.7 Å². The lowest BCUT2D eigenvalue weighted by molar-refractivity contribution is -0.642. The van der Waals surface area contributed by atoms with E-state index in [1.165, 1.54) is 10.2 Å². The van der Waals surface area contributed by atoms with E-state index in [1.54, 1.807) is 30.7 Å². The van der Waals surface area contributed by atoms with Crippen LogP contribution in [0.2, 0.25) is 0 Å². The molecule has 124 valence electrons. The second kappa shape index (κ2) is 6.18. The molecule has 2 aromatic carbocycles. The van der Waals surface area contributed by atoms with Gasteiger partial charge in [-0.15, -0.1) is 0 Å². The summed E-state index contributed by atoms with van der Waals surface area (Å²) in [5.74, 6) is 1.06. The molecule has 0 saturated heterocycles. The van der Waals surface area contributed by atoms with Crippen LogP contribution in [0.4, 0.5) is 0 Å². The van der Waals surface area contributed by atoms with E-state index in [1.807, 2.05) is 24.3 Å². The van der Waals surface area contributed by atoms with Crippen LogP contribution in [0, 0.1) is 0 Å². The maximum atomic E-state index is 9.97. The highest BCUT2D eigenvalue weighted by Gasteiger charge is 2.15. The van der Waals surface area contributed by atoms with Gasteiger partial charge in [-0.1, -0.05) is 23.5 Å². The topological polar surface area (TPSA) is 46.2 Å². The van der Waals surface area contributed by atoms with Gasteiger partial charge in [-0.3, -0.25) is 4.98 Å². The third kappa shape index (κ3) is 2.72. The quantitative estimate of drug-likeness (QED) is 0.565. The zero-order valence-electron chi connectivity index (χ0n) is 13.9. The van der Waals surface area contributed by atoms with E-state index in [-0.39, 0.29) is 5.75 Å². The molecule has 0 spiro atoms. The Morgan fingerprint density at radius 2 is 2.04 bits per heavy atom. The Kier molecular flexibility index (Phi) is 3.86. The van der Waals surface area contributed by atoms with Gasteiger partial charge in [0.25, 0.3) is 5.01 Å². The van der Waals surface area contributed by atoms with Crippen molar-refractivity contribution < 1.29 is 14.4 Å². The standard InChI is InChI=1S/C20H16N2O2S/c1-22-16-8-7-14(24-2)12-18(16)25-19(22)10-6-13-5-9-17(23)20-15(13)4-3-11-21-20/h3-12H,1-2H3/p+1. The van der Waals surface area contributed by atoms with Gasteiger partial charge in [-0.05, 0) is 29.8 Å². The van der Waals surface area contributed by atoms with Gasteiger partial charge in [-0.25, -0.2) is 0 Å². The molecule has 4 nitrogen and oxygen atoms in total. The minimum absolute atomic E-state index is 0.201. The van der Waals surface area contributed by atoms with E-state index in [0.29, 0.717) is 5.52 Å². The average Bonchev–Trinajstić information content (AvgIpc) is 2.96. The van der Waals surface area contributed by atoms with Crippen LogP contribution >= 0.6 is 11.3 Å². The van der Waals surface area contributed by atoms with Crippen molar-refractivity contribution in [1.29, 1.82) is 0 Å². The van der Waals surface area contributed by atoms with Crippen molar-refractivity contribution in [1.82, 2.24) is 4.98 Å². The predicted octanol–water partition coefficient (Wildman–Crippen LogP) is 4.16. The number of benzene rings is 2. The summed E-state index contributed by atoms with van der Waals surface area (Å²) in [6.07, 6.45) is 5.84. The Labute approximate surface area is 149 Å². The molecular formula is C20H17N2O2S+. The zero-order chi connectivity index (χ0) is 17.4. The number of fused-ring (bicyclic) bond motifs is 2. The molecule has 5 heteroatoms. The molecule has 0 amide bonds. The highest BCUT2D eigenvalue weighted by Crippen LogP contribution is 2.28. The van der Waals surface area contributed by atoms with Gasteiger partial charge in [-0.2, -0.15) is 4.57 Å². The van der Waals surface area contributed by atoms with E-state index in [4.69, 9.17) is 4.74 Å². The van der Waals surface area contributed by atoms with Crippen LogP contribution in [0.5, 0.6) is 11.5 Å². The first-order valence-electron chi connectivity index (χ1n) is 7.89. The number of aryl methyl sites for hydroxylation is 1. The normalized spacial score (nSPS) is 11.6. The fourth-order valence-electron chi connectivity index (χ4n) is 2.91. The number of ether oxygens (including phenoxy) is 1. The maximum absolute atomic E-state index is 9.97. The number of rotatable bonds is 3. The van der Waals surface area contributed by atoms with Crippen LogP contribution in [0.1, 0.15) is 10.6 Å². The van der Waals surface area contributed by atoms with Crippen LogP contribution in [0.25, 0.3) is 33.3 Å². The van der Waals surface area contributed by atoms with Crippen molar-refractivity contribution in [2.45, 2.75) is 0 Å². The fraction of sp³-hybridized carbons (Fsp3) is 0.100. The Hall–Kier alpha value is -2.92. The third-order valence-electron chi connectivity index (χ3n) is 4.26. The fourth-order valence-corrected chi connectivity index (χ4v) is 3.99. The van der Waals surface area contributed by atoms with E-state index >= 15 is 0 Å². The van der Waals surface area contributed by atoms with Gasteiger partial charge in [0.2, 0.25) is 5.52 Å². The molecule has 0 radical (unpaired) electrons. The molecule has 0 atom stereocenters. The van der Waals surface area contributed by atoms with Crippen molar-refractivity contribution in [2.75, 3.05) is 7.11 Å². The van der Waals surface area contributed by atoms with Gasteiger partial charge < -0.3 is 9.84 Å². The number of phenolic OH excluding ortho intramolecular Hbond substituents is 1. The van der Waals surface area contributed by atoms with Crippen LogP contribution in [0.3, 0.4) is 0 Å². The first-order chi connectivity index (χ1) is 12.2. The second-order valence-corrected chi connectivity index (χ2v) is 6.80. The molecular weight excluding hydrogens is 332 g/mol. The van der Waals surface area contributed by atoms with Crippen LogP contribution in [0.15, 0.2) is 48.7 Å². The lowest BCUT2D eigenvalue weighted by atomic mass is 10.1. The first kappa shape index (κ1) is 15.6. The minimum Gasteiger partial charge on any atom is -0.506 e. The molecule has 0 unspecified atom stereocenters. The summed E-state index contributed by atoms with van der Waals surface area (Å²) in [5.41, 5.74) is 2.81. The minimum atomic E-state index is 0.201. The van der Waals surface area contributed by atoms with Crippen LogP contribution < -0.4 is 9.30 Å². The smallest absolute Gasteiger partial charge is 0.262 e. The van der Waals surface area contributed by atoms with E-state index in [9.17, 15) is 5.11 Å². The number of methoxy groups -OCH3 is 1. The SMILES string of the molecule is COc1ccc2c(c1)sc(/C=C/c1ccc(O)c3ncccc13)[n+]2C. The molecule has 0 aliphatic heterocycles. The van der Waals surface area contributed by atoms with E-state index in [2.05, 4.69) is 40.9 Å². The molecule has 25 heavy (non-hydrogen) atoms. The highest BCUT2D eigenvalue weighted by molar-refractivity contribution is 7.18. The largest absolute Gasteiger partial charge is 0.506 e. The van der Waals surface area contributed by atoms with Crippen LogP contribution in [-0.2, 0) is 7.05 Å². The molecule has 0 aliphatic rings. The molecule has 2 aromatic heterocycles. The van der Waals surface area contributed by atoms with Crippen molar-refractivity contribution in [3.8, 4) is 11.5 Å². The van der Waals surface area contributed by atoms with Gasteiger partial charge in [0.1, 0.15) is 28.8 Å².